The molecule has 0 aromatic heterocycles. The van der Waals surface area contributed by atoms with Crippen molar-refractivity contribution in [1.82, 2.24) is 10.2 Å². The number of methoxy groups -OCH3 is 1. The van der Waals surface area contributed by atoms with Crippen molar-refractivity contribution in [3.63, 3.8) is 0 Å². The normalized spacial score (nSPS) is 27.4. The first-order valence-electron chi connectivity index (χ1n) is 8.62. The maximum Gasteiger partial charge on any atom is 0.0589 e. The molecule has 0 aromatic rings. The Balaban J connectivity index is 2.72. The predicted molar refractivity (Wildman–Crippen MR) is 87.2 cm³/mol. The molecule has 20 heavy (non-hydrogen) atoms. The zero-order valence-electron chi connectivity index (χ0n) is 14.3. The van der Waals surface area contributed by atoms with E-state index in [4.69, 9.17) is 4.74 Å². The van der Waals surface area contributed by atoms with Crippen LogP contribution in [0, 0.1) is 5.92 Å². The minimum atomic E-state index is 0.594. The molecule has 0 bridgehead atoms. The summed E-state index contributed by atoms with van der Waals surface area (Å²) in [6, 6.07) is 1.93. The summed E-state index contributed by atoms with van der Waals surface area (Å²) in [4.78, 5) is 2.67. The molecule has 0 aromatic carbocycles. The fraction of sp³-hybridized carbons (Fsp3) is 1.00. The largest absolute Gasteiger partial charge is 0.383 e. The first-order chi connectivity index (χ1) is 9.63. The summed E-state index contributed by atoms with van der Waals surface area (Å²) in [7, 11) is 1.81. The summed E-state index contributed by atoms with van der Waals surface area (Å²) in [6.07, 6.45) is 6.62. The van der Waals surface area contributed by atoms with Gasteiger partial charge in [-0.05, 0) is 52.0 Å². The number of rotatable bonds is 9. The molecule has 1 saturated carbocycles. The minimum absolute atomic E-state index is 0.594. The molecule has 3 atom stereocenters. The third-order valence-corrected chi connectivity index (χ3v) is 4.80. The second-order valence-electron chi connectivity index (χ2n) is 6.54. The van der Waals surface area contributed by atoms with Gasteiger partial charge in [0, 0.05) is 31.8 Å². The number of nitrogens with one attached hydrogen (secondary N) is 1. The van der Waals surface area contributed by atoms with Crippen molar-refractivity contribution in [2.24, 2.45) is 5.92 Å². The van der Waals surface area contributed by atoms with Crippen molar-refractivity contribution in [3.05, 3.63) is 0 Å². The lowest BCUT2D eigenvalue weighted by Gasteiger charge is -2.45. The lowest BCUT2D eigenvalue weighted by molar-refractivity contribution is 0.0459. The van der Waals surface area contributed by atoms with E-state index >= 15 is 0 Å². The summed E-state index contributed by atoms with van der Waals surface area (Å²) in [6.45, 7) is 12.3. The van der Waals surface area contributed by atoms with Crippen LogP contribution in [-0.4, -0.2) is 49.8 Å². The van der Waals surface area contributed by atoms with Gasteiger partial charge in [-0.1, -0.05) is 20.3 Å². The molecule has 3 unspecified atom stereocenters. The molecule has 0 saturated heterocycles. The molecular weight excluding hydrogens is 248 g/mol. The highest BCUT2D eigenvalue weighted by Gasteiger charge is 2.34. The molecule has 1 aliphatic carbocycles. The van der Waals surface area contributed by atoms with Crippen LogP contribution in [0.4, 0.5) is 0 Å². The Labute approximate surface area is 126 Å². The highest BCUT2D eigenvalue weighted by Crippen LogP contribution is 2.31. The number of nitrogens with zero attached hydrogens (tertiary/aromatic N) is 1. The van der Waals surface area contributed by atoms with Crippen LogP contribution in [0.15, 0.2) is 0 Å². The topological polar surface area (TPSA) is 24.5 Å². The fourth-order valence-electron chi connectivity index (χ4n) is 3.54. The summed E-state index contributed by atoms with van der Waals surface area (Å²) in [5, 5.41) is 3.80. The smallest absolute Gasteiger partial charge is 0.0589 e. The van der Waals surface area contributed by atoms with Crippen LogP contribution < -0.4 is 5.32 Å². The molecule has 1 N–H and O–H groups in total. The van der Waals surface area contributed by atoms with E-state index in [2.05, 4.69) is 37.9 Å². The van der Waals surface area contributed by atoms with Crippen LogP contribution in [0.1, 0.15) is 59.8 Å². The van der Waals surface area contributed by atoms with Crippen molar-refractivity contribution in [1.29, 1.82) is 0 Å². The molecule has 0 amide bonds. The molecule has 120 valence electrons. The van der Waals surface area contributed by atoms with E-state index in [1.54, 1.807) is 7.11 Å². The average molecular weight is 284 g/mol. The van der Waals surface area contributed by atoms with E-state index in [0.29, 0.717) is 18.1 Å². The summed E-state index contributed by atoms with van der Waals surface area (Å²) in [5.41, 5.74) is 0. The molecule has 1 fully saturated rings. The Bertz CT molecular complexity index is 245. The maximum absolute atomic E-state index is 5.32. The van der Waals surface area contributed by atoms with Crippen LogP contribution in [0.5, 0.6) is 0 Å². The van der Waals surface area contributed by atoms with E-state index in [0.717, 1.165) is 25.6 Å². The van der Waals surface area contributed by atoms with E-state index in [1.165, 1.54) is 32.1 Å². The third kappa shape index (κ3) is 5.34. The SMILES string of the molecule is CCCNC1CCC(CC)CC1N(CCOC)C(C)C. The molecule has 1 rings (SSSR count). The van der Waals surface area contributed by atoms with Gasteiger partial charge in [-0.25, -0.2) is 0 Å². The van der Waals surface area contributed by atoms with E-state index in [-0.39, 0.29) is 0 Å². The van der Waals surface area contributed by atoms with Gasteiger partial charge in [-0.3, -0.25) is 4.90 Å². The molecule has 0 spiro atoms. The van der Waals surface area contributed by atoms with Gasteiger partial charge in [0.05, 0.1) is 6.61 Å². The van der Waals surface area contributed by atoms with Crippen LogP contribution in [0.3, 0.4) is 0 Å². The highest BCUT2D eigenvalue weighted by molar-refractivity contribution is 4.92. The van der Waals surface area contributed by atoms with Crippen LogP contribution in [-0.2, 0) is 4.74 Å². The summed E-state index contributed by atoms with van der Waals surface area (Å²) < 4.78 is 5.32. The molecule has 0 aliphatic heterocycles. The van der Waals surface area contributed by atoms with Gasteiger partial charge in [0.15, 0.2) is 0 Å². The first kappa shape index (κ1) is 17.9. The molecular formula is C17H36N2O. The average Bonchev–Trinajstić information content (AvgIpc) is 2.45. The van der Waals surface area contributed by atoms with Crippen molar-refractivity contribution >= 4 is 0 Å². The maximum atomic E-state index is 5.32. The van der Waals surface area contributed by atoms with Gasteiger partial charge in [0.1, 0.15) is 0 Å². The highest BCUT2D eigenvalue weighted by atomic mass is 16.5. The number of ether oxygens (including phenoxy) is 1. The van der Waals surface area contributed by atoms with E-state index in [1.807, 2.05) is 0 Å². The quantitative estimate of drug-likeness (QED) is 0.703. The van der Waals surface area contributed by atoms with Gasteiger partial charge < -0.3 is 10.1 Å². The third-order valence-electron chi connectivity index (χ3n) is 4.80. The van der Waals surface area contributed by atoms with Gasteiger partial charge in [-0.2, -0.15) is 0 Å². The van der Waals surface area contributed by atoms with Gasteiger partial charge in [-0.15, -0.1) is 0 Å². The zero-order valence-corrected chi connectivity index (χ0v) is 14.3. The molecule has 0 radical (unpaired) electrons. The van der Waals surface area contributed by atoms with Crippen molar-refractivity contribution in [2.75, 3.05) is 26.8 Å². The lowest BCUT2D eigenvalue weighted by atomic mass is 9.79. The van der Waals surface area contributed by atoms with Gasteiger partial charge in [0.25, 0.3) is 0 Å². The van der Waals surface area contributed by atoms with Crippen molar-refractivity contribution in [3.8, 4) is 0 Å². The Morgan fingerprint density at radius 3 is 2.55 bits per heavy atom. The summed E-state index contributed by atoms with van der Waals surface area (Å²) >= 11 is 0. The lowest BCUT2D eigenvalue weighted by Crippen LogP contribution is -2.56. The van der Waals surface area contributed by atoms with Crippen LogP contribution in [0.25, 0.3) is 0 Å². The monoisotopic (exact) mass is 284 g/mol. The molecule has 3 nitrogen and oxygen atoms in total. The Kier molecular flexibility index (Phi) is 8.74. The fourth-order valence-corrected chi connectivity index (χ4v) is 3.54. The Morgan fingerprint density at radius 1 is 1.25 bits per heavy atom. The Morgan fingerprint density at radius 2 is 2.00 bits per heavy atom. The summed E-state index contributed by atoms with van der Waals surface area (Å²) in [5.74, 6) is 0.906. The van der Waals surface area contributed by atoms with E-state index < -0.39 is 0 Å². The van der Waals surface area contributed by atoms with Crippen molar-refractivity contribution in [2.45, 2.75) is 77.9 Å². The van der Waals surface area contributed by atoms with Crippen LogP contribution >= 0.6 is 0 Å². The van der Waals surface area contributed by atoms with Crippen LogP contribution in [0.2, 0.25) is 0 Å². The van der Waals surface area contributed by atoms with Crippen molar-refractivity contribution < 1.29 is 4.74 Å². The van der Waals surface area contributed by atoms with E-state index in [9.17, 15) is 0 Å². The number of hydrogen-bond acceptors (Lipinski definition) is 3. The minimum Gasteiger partial charge on any atom is -0.383 e. The van der Waals surface area contributed by atoms with Gasteiger partial charge >= 0.3 is 0 Å². The number of hydrogen-bond donors (Lipinski definition) is 1. The standard InChI is InChI=1S/C17H36N2O/c1-6-10-18-16-9-8-15(7-2)13-17(16)19(14(3)4)11-12-20-5/h14-18H,6-13H2,1-5H3. The second kappa shape index (κ2) is 9.75. The molecule has 0 heterocycles. The van der Waals surface area contributed by atoms with Gasteiger partial charge in [0.2, 0.25) is 0 Å². The predicted octanol–water partition coefficient (Wildman–Crippen LogP) is 3.29. The zero-order chi connectivity index (χ0) is 15.0. The second-order valence-corrected chi connectivity index (χ2v) is 6.54. The molecule has 3 heteroatoms. The molecule has 1 aliphatic rings. The Hall–Kier alpha value is -0.120. The first-order valence-corrected chi connectivity index (χ1v) is 8.62.